The largest absolute Gasteiger partial charge is 0.393 e. The highest BCUT2D eigenvalue weighted by Gasteiger charge is 2.39. The monoisotopic (exact) mass is 328 g/mol. The van der Waals surface area contributed by atoms with Crippen molar-refractivity contribution in [1.29, 1.82) is 0 Å². The first kappa shape index (κ1) is 16.4. The molecule has 0 radical (unpaired) electrons. The van der Waals surface area contributed by atoms with E-state index >= 15 is 0 Å². The number of benzene rings is 1. The molecule has 0 spiro atoms. The highest BCUT2D eigenvalue weighted by atomic mass is 32.2. The second kappa shape index (κ2) is 6.00. The quantitative estimate of drug-likeness (QED) is 0.844. The van der Waals surface area contributed by atoms with Gasteiger partial charge in [0.15, 0.2) is 0 Å². The third-order valence-corrected chi connectivity index (χ3v) is 5.73. The summed E-state index contributed by atoms with van der Waals surface area (Å²) in [5, 5.41) is 0. The molecule has 2 N–H and O–H groups in total. The molecule has 1 aliphatic heterocycles. The predicted octanol–water partition coefficient (Wildman–Crippen LogP) is 1.31. The minimum atomic E-state index is -3.53. The third kappa shape index (κ3) is 3.60. The van der Waals surface area contributed by atoms with Gasteiger partial charge in [0.25, 0.3) is 0 Å². The van der Waals surface area contributed by atoms with Gasteiger partial charge in [-0.2, -0.15) is 4.31 Å². The van der Waals surface area contributed by atoms with Crippen molar-refractivity contribution < 1.29 is 13.2 Å². The number of thiocarbonyl (C=S) groups is 1. The highest BCUT2D eigenvalue weighted by molar-refractivity contribution is 7.89. The summed E-state index contributed by atoms with van der Waals surface area (Å²) < 4.78 is 32.4. The first-order chi connectivity index (χ1) is 9.73. The Balaban J connectivity index is 2.29. The van der Waals surface area contributed by atoms with E-state index in [-0.39, 0.29) is 4.90 Å². The second-order valence-electron chi connectivity index (χ2n) is 5.73. The van der Waals surface area contributed by atoms with E-state index < -0.39 is 15.6 Å². The fourth-order valence-corrected chi connectivity index (χ4v) is 4.32. The number of ether oxygens (including phenoxy) is 1. The van der Waals surface area contributed by atoms with Crippen molar-refractivity contribution in [3.8, 4) is 0 Å². The van der Waals surface area contributed by atoms with Crippen molar-refractivity contribution in [3.05, 3.63) is 29.8 Å². The van der Waals surface area contributed by atoms with Gasteiger partial charge in [-0.25, -0.2) is 8.42 Å². The molecule has 7 heteroatoms. The molecule has 0 atom stereocenters. The van der Waals surface area contributed by atoms with Crippen LogP contribution in [0, 0.1) is 0 Å². The smallest absolute Gasteiger partial charge is 0.243 e. The molecule has 0 unspecified atom stereocenters. The Morgan fingerprint density at radius 2 is 2.00 bits per heavy atom. The molecule has 1 heterocycles. The topological polar surface area (TPSA) is 72.6 Å². The molecule has 1 aromatic carbocycles. The van der Waals surface area contributed by atoms with Crippen LogP contribution in [0.25, 0.3) is 0 Å². The number of nitrogens with zero attached hydrogens (tertiary/aromatic N) is 1. The van der Waals surface area contributed by atoms with Crippen LogP contribution in [0.2, 0.25) is 0 Å². The lowest BCUT2D eigenvalue weighted by Gasteiger charge is -2.40. The maximum atomic E-state index is 12.8. The molecule has 0 bridgehead atoms. The summed E-state index contributed by atoms with van der Waals surface area (Å²) in [4.78, 5) is 0.670. The Labute approximate surface area is 131 Å². The lowest BCUT2D eigenvalue weighted by atomic mass is 10.1. The van der Waals surface area contributed by atoms with Gasteiger partial charge in [-0.15, -0.1) is 0 Å². The summed E-state index contributed by atoms with van der Waals surface area (Å²) in [6.07, 6.45) is 0.471. The summed E-state index contributed by atoms with van der Waals surface area (Å²) >= 11 is 4.85. The van der Waals surface area contributed by atoms with E-state index in [0.717, 1.165) is 5.56 Å². The fraction of sp³-hybridized carbons (Fsp3) is 0.500. The number of hydrogen-bond donors (Lipinski definition) is 1. The van der Waals surface area contributed by atoms with E-state index in [0.29, 0.717) is 31.2 Å². The molecule has 116 valence electrons. The van der Waals surface area contributed by atoms with Crippen LogP contribution in [0.1, 0.15) is 19.4 Å². The lowest BCUT2D eigenvalue weighted by molar-refractivity contribution is -0.00770. The van der Waals surface area contributed by atoms with Gasteiger partial charge in [0.1, 0.15) is 0 Å². The van der Waals surface area contributed by atoms with Crippen LogP contribution in [0.15, 0.2) is 29.2 Å². The van der Waals surface area contributed by atoms with Crippen LogP contribution >= 0.6 is 12.2 Å². The molecule has 21 heavy (non-hydrogen) atoms. The van der Waals surface area contributed by atoms with E-state index in [1.807, 2.05) is 13.8 Å². The second-order valence-corrected chi connectivity index (χ2v) is 8.12. The minimum Gasteiger partial charge on any atom is -0.393 e. The predicted molar refractivity (Wildman–Crippen MR) is 85.7 cm³/mol. The van der Waals surface area contributed by atoms with Gasteiger partial charge in [0.05, 0.1) is 28.6 Å². The van der Waals surface area contributed by atoms with E-state index in [9.17, 15) is 8.42 Å². The van der Waals surface area contributed by atoms with Crippen molar-refractivity contribution in [3.63, 3.8) is 0 Å². The number of nitrogens with two attached hydrogens (primary N) is 1. The molecular formula is C14H20N2O3S2. The summed E-state index contributed by atoms with van der Waals surface area (Å²) in [5.41, 5.74) is 5.85. The van der Waals surface area contributed by atoms with Crippen LogP contribution in [0.3, 0.4) is 0 Å². The molecule has 1 saturated heterocycles. The molecule has 5 nitrogen and oxygen atoms in total. The Hall–Kier alpha value is -1.02. The summed E-state index contributed by atoms with van der Waals surface area (Å²) in [6, 6.07) is 6.71. The van der Waals surface area contributed by atoms with Gasteiger partial charge in [-0.1, -0.05) is 24.4 Å². The van der Waals surface area contributed by atoms with Crippen molar-refractivity contribution in [2.75, 3.05) is 19.8 Å². The highest BCUT2D eigenvalue weighted by Crippen LogP contribution is 2.27. The van der Waals surface area contributed by atoms with Crippen LogP contribution in [0.5, 0.6) is 0 Å². The summed E-state index contributed by atoms with van der Waals surface area (Å²) in [6.45, 7) is 4.91. The molecule has 0 saturated carbocycles. The van der Waals surface area contributed by atoms with E-state index in [1.54, 1.807) is 24.3 Å². The Morgan fingerprint density at radius 1 is 1.38 bits per heavy atom. The van der Waals surface area contributed by atoms with Gasteiger partial charge in [0, 0.05) is 13.0 Å². The maximum Gasteiger partial charge on any atom is 0.243 e. The molecular weight excluding hydrogens is 308 g/mol. The van der Waals surface area contributed by atoms with Crippen LogP contribution in [0.4, 0.5) is 0 Å². The molecule has 1 aromatic rings. The van der Waals surface area contributed by atoms with E-state index in [1.165, 1.54) is 4.31 Å². The number of morpholine rings is 1. The van der Waals surface area contributed by atoms with Crippen LogP contribution in [-0.4, -0.2) is 43.0 Å². The first-order valence-corrected chi connectivity index (χ1v) is 8.56. The Kier molecular flexibility index (Phi) is 4.67. The SMILES string of the molecule is CC1(C)COCCN1S(=O)(=O)c1ccc(CC(N)=S)cc1. The number of hydrogen-bond acceptors (Lipinski definition) is 4. The van der Waals surface area contributed by atoms with Crippen molar-refractivity contribution >= 4 is 27.2 Å². The van der Waals surface area contributed by atoms with E-state index in [4.69, 9.17) is 22.7 Å². The Bertz CT molecular complexity index is 624. The molecule has 0 aromatic heterocycles. The van der Waals surface area contributed by atoms with Gasteiger partial charge >= 0.3 is 0 Å². The summed E-state index contributed by atoms with van der Waals surface area (Å²) in [7, 11) is -3.53. The van der Waals surface area contributed by atoms with Gasteiger partial charge in [-0.05, 0) is 31.5 Å². The molecule has 0 amide bonds. The average Bonchev–Trinajstić information content (AvgIpc) is 2.37. The minimum absolute atomic E-state index is 0.282. The van der Waals surface area contributed by atoms with Crippen molar-refractivity contribution in [2.24, 2.45) is 5.73 Å². The third-order valence-electron chi connectivity index (χ3n) is 3.46. The standard InChI is InChI=1S/C14H20N2O3S2/c1-14(2)10-19-8-7-16(14)21(17,18)12-5-3-11(4-6-12)9-13(15)20/h3-6H,7-10H2,1-2H3,(H2,15,20). The molecule has 0 aliphatic carbocycles. The zero-order chi connectivity index (χ0) is 15.7. The lowest BCUT2D eigenvalue weighted by Crippen LogP contribution is -2.55. The van der Waals surface area contributed by atoms with Gasteiger partial charge in [0.2, 0.25) is 10.0 Å². The average molecular weight is 328 g/mol. The van der Waals surface area contributed by atoms with Crippen LogP contribution in [-0.2, 0) is 21.2 Å². The molecule has 1 fully saturated rings. The van der Waals surface area contributed by atoms with Gasteiger partial charge in [-0.3, -0.25) is 0 Å². The first-order valence-electron chi connectivity index (χ1n) is 6.71. The van der Waals surface area contributed by atoms with Crippen LogP contribution < -0.4 is 5.73 Å². The number of sulfonamides is 1. The fourth-order valence-electron chi connectivity index (χ4n) is 2.40. The summed E-state index contributed by atoms with van der Waals surface area (Å²) in [5.74, 6) is 0. The zero-order valence-corrected chi connectivity index (χ0v) is 13.8. The van der Waals surface area contributed by atoms with E-state index in [2.05, 4.69) is 0 Å². The zero-order valence-electron chi connectivity index (χ0n) is 12.2. The Morgan fingerprint density at radius 3 is 2.52 bits per heavy atom. The molecule has 1 aliphatic rings. The maximum absolute atomic E-state index is 12.8. The van der Waals surface area contributed by atoms with Gasteiger partial charge < -0.3 is 10.5 Å². The van der Waals surface area contributed by atoms with Crippen molar-refractivity contribution in [2.45, 2.75) is 30.7 Å². The molecule has 2 rings (SSSR count). The van der Waals surface area contributed by atoms with Crippen molar-refractivity contribution in [1.82, 2.24) is 4.31 Å². The number of rotatable bonds is 4. The normalized spacial score (nSPS) is 19.3.